The number of hydrogen-bond acceptors (Lipinski definition) is 4. The highest BCUT2D eigenvalue weighted by Gasteiger charge is 2.25. The van der Waals surface area contributed by atoms with Crippen LogP contribution in [0.1, 0.15) is 0 Å². The van der Waals surface area contributed by atoms with Crippen LogP contribution in [0.15, 0.2) is 24.3 Å². The van der Waals surface area contributed by atoms with E-state index in [1.807, 2.05) is 12.1 Å². The average molecular weight is 274 g/mol. The largest absolute Gasteiger partial charge is 0.529 e. The molecule has 0 saturated heterocycles. The van der Waals surface area contributed by atoms with Gasteiger partial charge in [-0.1, -0.05) is 37.0 Å². The van der Waals surface area contributed by atoms with Crippen LogP contribution in [0.25, 0.3) is 0 Å². The Morgan fingerprint density at radius 3 is 1.82 bits per heavy atom. The average Bonchev–Trinajstić information content (AvgIpc) is 2.28. The van der Waals surface area contributed by atoms with E-state index in [0.717, 1.165) is 0 Å². The lowest BCUT2D eigenvalue weighted by molar-refractivity contribution is 0.211. The van der Waals surface area contributed by atoms with Crippen molar-refractivity contribution in [2.45, 2.75) is 19.6 Å². The van der Waals surface area contributed by atoms with Crippen LogP contribution in [-0.4, -0.2) is 22.3 Å². The molecule has 0 bridgehead atoms. The van der Waals surface area contributed by atoms with Crippen LogP contribution in [-0.2, 0) is 13.6 Å². The molecular weight excluding hydrogens is 255 g/mol. The third-order valence-electron chi connectivity index (χ3n) is 2.38. The number of rotatable bonds is 5. The Hall–Kier alpha value is -0.613. The molecule has 0 N–H and O–H groups in total. The first-order valence-electron chi connectivity index (χ1n) is 5.32. The summed E-state index contributed by atoms with van der Waals surface area (Å²) >= 11 is 0. The minimum Gasteiger partial charge on any atom is -0.404 e. The summed E-state index contributed by atoms with van der Waals surface area (Å²) in [7, 11) is -2.18. The normalized spacial score (nSPS) is 12.5. The maximum Gasteiger partial charge on any atom is 0.529 e. The maximum absolute atomic E-state index is 11.7. The summed E-state index contributed by atoms with van der Waals surface area (Å²) in [4.78, 5) is 0. The SMILES string of the molecule is COP(=O)(OC)Oc1ccc([Si](C)(C)C)cc1. The van der Waals surface area contributed by atoms with Gasteiger partial charge in [-0.2, -0.15) is 0 Å². The highest BCUT2D eigenvalue weighted by Crippen LogP contribution is 2.47. The van der Waals surface area contributed by atoms with Crippen molar-refractivity contribution >= 4 is 21.1 Å². The lowest BCUT2D eigenvalue weighted by Gasteiger charge is -2.18. The predicted molar refractivity (Wildman–Crippen MR) is 71.7 cm³/mol. The van der Waals surface area contributed by atoms with Crippen LogP contribution >= 0.6 is 7.82 Å². The Labute approximate surface area is 104 Å². The number of benzene rings is 1. The molecule has 96 valence electrons. The fourth-order valence-corrected chi connectivity index (χ4v) is 3.14. The summed E-state index contributed by atoms with van der Waals surface area (Å²) in [5.41, 5.74) is 0. The van der Waals surface area contributed by atoms with E-state index in [9.17, 15) is 4.57 Å². The lowest BCUT2D eigenvalue weighted by Crippen LogP contribution is -2.37. The van der Waals surface area contributed by atoms with Crippen molar-refractivity contribution < 1.29 is 18.1 Å². The Balaban J connectivity index is 2.86. The Morgan fingerprint density at radius 2 is 1.47 bits per heavy atom. The minimum atomic E-state index is -3.45. The van der Waals surface area contributed by atoms with Gasteiger partial charge in [0.05, 0.1) is 8.07 Å². The third-order valence-corrected chi connectivity index (χ3v) is 5.78. The smallest absolute Gasteiger partial charge is 0.404 e. The van der Waals surface area contributed by atoms with Gasteiger partial charge in [0.1, 0.15) is 5.75 Å². The summed E-state index contributed by atoms with van der Waals surface area (Å²) in [6.07, 6.45) is 0. The molecule has 1 aromatic carbocycles. The summed E-state index contributed by atoms with van der Waals surface area (Å²) in [6, 6.07) is 7.57. The molecule has 1 rings (SSSR count). The molecule has 0 aliphatic carbocycles. The fourth-order valence-electron chi connectivity index (χ4n) is 1.29. The molecule has 0 aliphatic heterocycles. The zero-order chi connectivity index (χ0) is 13.1. The molecular formula is C11H19O4PSi. The van der Waals surface area contributed by atoms with Gasteiger partial charge < -0.3 is 4.52 Å². The maximum atomic E-state index is 11.7. The second-order valence-electron chi connectivity index (χ2n) is 4.68. The van der Waals surface area contributed by atoms with E-state index in [4.69, 9.17) is 13.6 Å². The first-order valence-corrected chi connectivity index (χ1v) is 10.3. The molecule has 0 atom stereocenters. The second kappa shape index (κ2) is 5.36. The minimum absolute atomic E-state index is 0.485. The van der Waals surface area contributed by atoms with Gasteiger partial charge in [0.15, 0.2) is 0 Å². The second-order valence-corrected chi connectivity index (χ2v) is 11.6. The zero-order valence-electron chi connectivity index (χ0n) is 10.9. The molecule has 0 heterocycles. The molecule has 0 spiro atoms. The van der Waals surface area contributed by atoms with Crippen molar-refractivity contribution in [3.05, 3.63) is 24.3 Å². The van der Waals surface area contributed by atoms with Gasteiger partial charge in [-0.15, -0.1) is 0 Å². The van der Waals surface area contributed by atoms with Crippen molar-refractivity contribution in [3.63, 3.8) is 0 Å². The molecule has 4 nitrogen and oxygen atoms in total. The van der Waals surface area contributed by atoms with Crippen LogP contribution < -0.4 is 9.71 Å². The third kappa shape index (κ3) is 3.96. The first kappa shape index (κ1) is 14.4. The van der Waals surface area contributed by atoms with E-state index in [2.05, 4.69) is 19.6 Å². The van der Waals surface area contributed by atoms with Crippen molar-refractivity contribution in [2.24, 2.45) is 0 Å². The van der Waals surface area contributed by atoms with E-state index >= 15 is 0 Å². The van der Waals surface area contributed by atoms with Crippen LogP contribution in [0.4, 0.5) is 0 Å². The summed E-state index contributed by atoms with van der Waals surface area (Å²) in [5.74, 6) is 0.485. The quantitative estimate of drug-likeness (QED) is 0.611. The van der Waals surface area contributed by atoms with Gasteiger partial charge >= 0.3 is 7.82 Å². The monoisotopic (exact) mass is 274 g/mol. The summed E-state index contributed by atoms with van der Waals surface area (Å²) in [6.45, 7) is 6.79. The molecule has 6 heteroatoms. The van der Waals surface area contributed by atoms with Gasteiger partial charge in [0, 0.05) is 14.2 Å². The van der Waals surface area contributed by atoms with Crippen molar-refractivity contribution in [1.29, 1.82) is 0 Å². The van der Waals surface area contributed by atoms with Gasteiger partial charge in [0.2, 0.25) is 0 Å². The van der Waals surface area contributed by atoms with Crippen molar-refractivity contribution in [3.8, 4) is 5.75 Å². The summed E-state index contributed by atoms with van der Waals surface area (Å²) in [5, 5.41) is 1.31. The molecule has 17 heavy (non-hydrogen) atoms. The number of hydrogen-bond donors (Lipinski definition) is 0. The van der Waals surface area contributed by atoms with Crippen molar-refractivity contribution in [2.75, 3.05) is 14.2 Å². The van der Waals surface area contributed by atoms with E-state index < -0.39 is 15.9 Å². The molecule has 0 radical (unpaired) electrons. The topological polar surface area (TPSA) is 44.8 Å². The van der Waals surface area contributed by atoms with Crippen LogP contribution in [0.2, 0.25) is 19.6 Å². The summed E-state index contributed by atoms with van der Waals surface area (Å²) < 4.78 is 26.4. The Morgan fingerprint density at radius 1 is 1.00 bits per heavy atom. The number of phosphoric ester groups is 1. The molecule has 0 fully saturated rings. The standard InChI is InChI=1S/C11H19O4PSi/c1-13-16(12,14-2)15-10-6-8-11(9-7-10)17(3,4)5/h6-9H,1-5H3. The molecule has 0 amide bonds. The Kier molecular flexibility index (Phi) is 4.55. The van der Waals surface area contributed by atoms with Crippen LogP contribution in [0, 0.1) is 0 Å². The van der Waals surface area contributed by atoms with E-state index in [1.54, 1.807) is 12.1 Å². The van der Waals surface area contributed by atoms with Gasteiger partial charge in [0.25, 0.3) is 0 Å². The molecule has 0 unspecified atom stereocenters. The first-order chi connectivity index (χ1) is 7.80. The molecule has 0 aromatic heterocycles. The number of phosphoric acid groups is 1. The van der Waals surface area contributed by atoms with E-state index in [-0.39, 0.29) is 0 Å². The van der Waals surface area contributed by atoms with Gasteiger partial charge in [-0.05, 0) is 12.1 Å². The van der Waals surface area contributed by atoms with Gasteiger partial charge in [-0.25, -0.2) is 4.57 Å². The highest BCUT2D eigenvalue weighted by atomic mass is 31.2. The zero-order valence-corrected chi connectivity index (χ0v) is 12.8. The molecule has 0 saturated carbocycles. The lowest BCUT2D eigenvalue weighted by atomic mass is 10.3. The van der Waals surface area contributed by atoms with E-state index in [0.29, 0.717) is 5.75 Å². The van der Waals surface area contributed by atoms with Gasteiger partial charge in [-0.3, -0.25) is 9.05 Å². The predicted octanol–water partition coefficient (Wildman–Crippen LogP) is 3.01. The van der Waals surface area contributed by atoms with E-state index in [1.165, 1.54) is 19.4 Å². The van der Waals surface area contributed by atoms with Crippen LogP contribution in [0.3, 0.4) is 0 Å². The Bertz CT molecular complexity index is 402. The van der Waals surface area contributed by atoms with Crippen LogP contribution in [0.5, 0.6) is 5.75 Å². The van der Waals surface area contributed by atoms with Crippen molar-refractivity contribution in [1.82, 2.24) is 0 Å². The fraction of sp³-hybridized carbons (Fsp3) is 0.455. The molecule has 0 aliphatic rings. The highest BCUT2D eigenvalue weighted by molar-refractivity contribution is 7.48. The molecule has 1 aromatic rings.